The number of ether oxygens (including phenoxy) is 1. The molecule has 1 aromatic rings. The summed E-state index contributed by atoms with van der Waals surface area (Å²) in [6, 6.07) is 6.44. The maximum atomic E-state index is 6.42. The van der Waals surface area contributed by atoms with Crippen LogP contribution >= 0.6 is 11.6 Å². The topological polar surface area (TPSA) is 38.5 Å². The van der Waals surface area contributed by atoms with Gasteiger partial charge in [-0.05, 0) is 44.4 Å². The molecule has 1 heterocycles. The lowest BCUT2D eigenvalue weighted by molar-refractivity contribution is 0.0835. The highest BCUT2D eigenvalue weighted by Crippen LogP contribution is 2.38. The lowest BCUT2D eigenvalue weighted by atomic mass is 9.90. The van der Waals surface area contributed by atoms with Gasteiger partial charge in [-0.15, -0.1) is 0 Å². The van der Waals surface area contributed by atoms with Crippen LogP contribution in [0.4, 0.5) is 0 Å². The Bertz CT molecular complexity index is 452. The summed E-state index contributed by atoms with van der Waals surface area (Å²) in [5.41, 5.74) is 7.10. The first-order chi connectivity index (χ1) is 9.58. The summed E-state index contributed by atoms with van der Waals surface area (Å²) in [6.07, 6.45) is 2.43. The second kappa shape index (κ2) is 6.79. The molecule has 0 aliphatic carbocycles. The summed E-state index contributed by atoms with van der Waals surface area (Å²) in [6.45, 7) is 6.22. The molecule has 0 aromatic heterocycles. The minimum absolute atomic E-state index is 0.126. The number of nitrogens with two attached hydrogens (primary N) is 1. The van der Waals surface area contributed by atoms with Crippen molar-refractivity contribution in [1.29, 1.82) is 0 Å². The van der Waals surface area contributed by atoms with Gasteiger partial charge in [0.2, 0.25) is 0 Å². The third kappa shape index (κ3) is 3.11. The van der Waals surface area contributed by atoms with Crippen LogP contribution in [-0.2, 0) is 0 Å². The fraction of sp³-hybridized carbons (Fsp3) is 0.625. The molecule has 0 amide bonds. The number of methoxy groups -OCH3 is 1. The van der Waals surface area contributed by atoms with Crippen molar-refractivity contribution >= 4 is 11.6 Å². The van der Waals surface area contributed by atoms with Crippen LogP contribution < -0.4 is 10.5 Å². The Labute approximate surface area is 127 Å². The maximum Gasteiger partial charge on any atom is 0.125 e. The standard InChI is InChI=1S/C16H25ClN2O/c1-11-7-8-19(12(2)9-11)14(10-18)16-13(17)5-4-6-15(16)20-3/h4-6,11-12,14H,7-10,18H2,1-3H3. The molecule has 1 aliphatic rings. The van der Waals surface area contributed by atoms with Gasteiger partial charge in [-0.1, -0.05) is 24.6 Å². The number of benzene rings is 1. The molecule has 0 bridgehead atoms. The lowest BCUT2D eigenvalue weighted by Crippen LogP contribution is -2.45. The number of hydrogen-bond acceptors (Lipinski definition) is 3. The van der Waals surface area contributed by atoms with Crippen LogP contribution in [0.25, 0.3) is 0 Å². The maximum absolute atomic E-state index is 6.42. The summed E-state index contributed by atoms with van der Waals surface area (Å²) < 4.78 is 5.49. The molecule has 1 saturated heterocycles. The van der Waals surface area contributed by atoms with Gasteiger partial charge in [-0.25, -0.2) is 0 Å². The summed E-state index contributed by atoms with van der Waals surface area (Å²) in [5.74, 6) is 1.62. The van der Waals surface area contributed by atoms with E-state index in [1.807, 2.05) is 18.2 Å². The highest BCUT2D eigenvalue weighted by atomic mass is 35.5. The van der Waals surface area contributed by atoms with Gasteiger partial charge in [0.05, 0.1) is 13.2 Å². The Balaban J connectivity index is 2.33. The molecule has 0 radical (unpaired) electrons. The van der Waals surface area contributed by atoms with E-state index in [1.165, 1.54) is 12.8 Å². The van der Waals surface area contributed by atoms with Crippen LogP contribution in [0.1, 0.15) is 38.3 Å². The lowest BCUT2D eigenvalue weighted by Gasteiger charge is -2.42. The smallest absolute Gasteiger partial charge is 0.125 e. The molecule has 3 unspecified atom stereocenters. The van der Waals surface area contributed by atoms with Gasteiger partial charge in [0, 0.05) is 23.2 Å². The van der Waals surface area contributed by atoms with E-state index in [2.05, 4.69) is 18.7 Å². The monoisotopic (exact) mass is 296 g/mol. The van der Waals surface area contributed by atoms with Crippen LogP contribution in [0.5, 0.6) is 5.75 Å². The number of piperidine rings is 1. The molecule has 1 fully saturated rings. The average Bonchev–Trinajstić information content (AvgIpc) is 2.43. The quantitative estimate of drug-likeness (QED) is 0.924. The predicted molar refractivity (Wildman–Crippen MR) is 84.4 cm³/mol. The molecule has 0 spiro atoms. The first kappa shape index (κ1) is 15.6. The summed E-state index contributed by atoms with van der Waals surface area (Å²) >= 11 is 6.42. The van der Waals surface area contributed by atoms with Crippen molar-refractivity contribution in [3.63, 3.8) is 0 Å². The number of likely N-dealkylation sites (tertiary alicyclic amines) is 1. The highest BCUT2D eigenvalue weighted by Gasteiger charge is 2.31. The van der Waals surface area contributed by atoms with Crippen LogP contribution in [0.2, 0.25) is 5.02 Å². The van der Waals surface area contributed by atoms with E-state index in [-0.39, 0.29) is 6.04 Å². The second-order valence-electron chi connectivity index (χ2n) is 5.82. The Kier molecular flexibility index (Phi) is 5.30. The van der Waals surface area contributed by atoms with Crippen molar-refractivity contribution in [1.82, 2.24) is 4.90 Å². The van der Waals surface area contributed by atoms with Crippen molar-refractivity contribution in [3.05, 3.63) is 28.8 Å². The second-order valence-corrected chi connectivity index (χ2v) is 6.23. The van der Waals surface area contributed by atoms with E-state index in [4.69, 9.17) is 22.1 Å². The zero-order valence-corrected chi connectivity index (χ0v) is 13.4. The summed E-state index contributed by atoms with van der Waals surface area (Å²) in [5, 5.41) is 0.741. The van der Waals surface area contributed by atoms with Gasteiger partial charge in [-0.2, -0.15) is 0 Å². The third-order valence-electron chi connectivity index (χ3n) is 4.38. The van der Waals surface area contributed by atoms with Crippen molar-refractivity contribution in [2.45, 2.75) is 38.8 Å². The molecule has 1 aromatic carbocycles. The largest absolute Gasteiger partial charge is 0.496 e. The molecular weight excluding hydrogens is 272 g/mol. The van der Waals surface area contributed by atoms with Crippen LogP contribution in [0.15, 0.2) is 18.2 Å². The van der Waals surface area contributed by atoms with E-state index in [1.54, 1.807) is 7.11 Å². The van der Waals surface area contributed by atoms with E-state index < -0.39 is 0 Å². The molecule has 3 nitrogen and oxygen atoms in total. The fourth-order valence-corrected chi connectivity index (χ4v) is 3.62. The normalized spacial score (nSPS) is 25.4. The Morgan fingerprint density at radius 2 is 2.20 bits per heavy atom. The van der Waals surface area contributed by atoms with E-state index in [0.717, 1.165) is 28.8 Å². The van der Waals surface area contributed by atoms with Gasteiger partial charge in [-0.3, -0.25) is 4.90 Å². The van der Waals surface area contributed by atoms with Gasteiger partial charge in [0.25, 0.3) is 0 Å². The number of rotatable bonds is 4. The predicted octanol–water partition coefficient (Wildman–Crippen LogP) is 3.47. The third-order valence-corrected chi connectivity index (χ3v) is 4.71. The fourth-order valence-electron chi connectivity index (χ4n) is 3.33. The van der Waals surface area contributed by atoms with E-state index in [9.17, 15) is 0 Å². The Morgan fingerprint density at radius 3 is 2.80 bits per heavy atom. The highest BCUT2D eigenvalue weighted by molar-refractivity contribution is 6.31. The van der Waals surface area contributed by atoms with Gasteiger partial charge in [0.15, 0.2) is 0 Å². The Hall–Kier alpha value is -0.770. The molecule has 1 aliphatic heterocycles. The van der Waals surface area contributed by atoms with Crippen molar-refractivity contribution in [3.8, 4) is 5.75 Å². The summed E-state index contributed by atoms with van der Waals surface area (Å²) in [4.78, 5) is 2.48. The van der Waals surface area contributed by atoms with Crippen LogP contribution in [-0.4, -0.2) is 31.1 Å². The van der Waals surface area contributed by atoms with E-state index in [0.29, 0.717) is 12.6 Å². The van der Waals surface area contributed by atoms with Gasteiger partial charge >= 0.3 is 0 Å². The number of hydrogen-bond donors (Lipinski definition) is 1. The van der Waals surface area contributed by atoms with Crippen molar-refractivity contribution in [2.75, 3.05) is 20.2 Å². The first-order valence-corrected chi connectivity index (χ1v) is 7.74. The molecule has 2 rings (SSSR count). The SMILES string of the molecule is COc1cccc(Cl)c1C(CN)N1CCC(C)CC1C. The zero-order valence-electron chi connectivity index (χ0n) is 12.6. The van der Waals surface area contributed by atoms with Gasteiger partial charge in [0.1, 0.15) is 5.75 Å². The van der Waals surface area contributed by atoms with Gasteiger partial charge < -0.3 is 10.5 Å². The number of halogens is 1. The zero-order chi connectivity index (χ0) is 14.7. The number of nitrogens with zero attached hydrogens (tertiary/aromatic N) is 1. The molecule has 2 N–H and O–H groups in total. The van der Waals surface area contributed by atoms with Crippen LogP contribution in [0.3, 0.4) is 0 Å². The van der Waals surface area contributed by atoms with Crippen molar-refractivity contribution < 1.29 is 4.74 Å². The molecule has 0 saturated carbocycles. The van der Waals surface area contributed by atoms with Crippen LogP contribution in [0, 0.1) is 5.92 Å². The van der Waals surface area contributed by atoms with Crippen molar-refractivity contribution in [2.24, 2.45) is 11.7 Å². The molecule has 20 heavy (non-hydrogen) atoms. The minimum atomic E-state index is 0.126. The van der Waals surface area contributed by atoms with E-state index >= 15 is 0 Å². The minimum Gasteiger partial charge on any atom is -0.496 e. The Morgan fingerprint density at radius 1 is 1.45 bits per heavy atom. The first-order valence-electron chi connectivity index (χ1n) is 7.36. The molecule has 3 atom stereocenters. The molecule has 4 heteroatoms. The average molecular weight is 297 g/mol. The molecule has 112 valence electrons. The molecular formula is C16H25ClN2O. The summed E-state index contributed by atoms with van der Waals surface area (Å²) in [7, 11) is 1.68.